The quantitative estimate of drug-likeness (QED) is 0.875. The highest BCUT2D eigenvalue weighted by molar-refractivity contribution is 5.62. The average Bonchev–Trinajstić information content (AvgIpc) is 3.00. The Labute approximate surface area is 138 Å². The fourth-order valence-corrected chi connectivity index (χ4v) is 2.98. The summed E-state index contributed by atoms with van der Waals surface area (Å²) < 4.78 is 0. The Hall–Kier alpha value is -2.30. The monoisotopic (exact) mass is 311 g/mol. The second-order valence-corrected chi connectivity index (χ2v) is 6.38. The van der Waals surface area contributed by atoms with E-state index in [0.29, 0.717) is 6.04 Å². The molecule has 1 saturated carbocycles. The first kappa shape index (κ1) is 15.6. The normalized spacial score (nSPS) is 14.7. The minimum atomic E-state index is 0.552. The Bertz CT molecular complexity index is 645. The van der Waals surface area contributed by atoms with Crippen molar-refractivity contribution in [1.82, 2.24) is 9.97 Å². The number of anilines is 4. The zero-order valence-electron chi connectivity index (χ0n) is 14.1. The number of benzene rings is 1. The van der Waals surface area contributed by atoms with Gasteiger partial charge in [-0.25, -0.2) is 9.97 Å². The van der Waals surface area contributed by atoms with Gasteiger partial charge in [0.2, 0.25) is 0 Å². The van der Waals surface area contributed by atoms with E-state index in [1.165, 1.54) is 31.4 Å². The molecule has 122 valence electrons. The number of hydrogen-bond acceptors (Lipinski definition) is 5. The van der Waals surface area contributed by atoms with Crippen LogP contribution in [-0.4, -0.2) is 30.1 Å². The number of aryl methyl sites for hydroxylation is 1. The maximum atomic E-state index is 4.51. The summed E-state index contributed by atoms with van der Waals surface area (Å²) in [6.45, 7) is 1.93. The maximum Gasteiger partial charge on any atom is 0.136 e. The highest BCUT2D eigenvalue weighted by Gasteiger charge is 2.15. The smallest absolute Gasteiger partial charge is 0.136 e. The molecule has 1 heterocycles. The molecular weight excluding hydrogens is 286 g/mol. The second kappa shape index (κ2) is 6.86. The SMILES string of the molecule is Cc1nc(Nc2ccc(N(C)C)cc2)cc(NC2CCCC2)n1. The van der Waals surface area contributed by atoms with Crippen molar-refractivity contribution in [3.05, 3.63) is 36.2 Å². The van der Waals surface area contributed by atoms with Gasteiger partial charge < -0.3 is 15.5 Å². The molecule has 1 fully saturated rings. The molecule has 3 rings (SSSR count). The number of hydrogen-bond donors (Lipinski definition) is 2. The predicted molar refractivity (Wildman–Crippen MR) is 96.7 cm³/mol. The molecule has 0 amide bonds. The van der Waals surface area contributed by atoms with Gasteiger partial charge in [0.15, 0.2) is 0 Å². The highest BCUT2D eigenvalue weighted by atomic mass is 15.1. The molecule has 0 radical (unpaired) electrons. The Balaban J connectivity index is 1.72. The Kier molecular flexibility index (Phi) is 4.65. The van der Waals surface area contributed by atoms with Gasteiger partial charge in [-0.1, -0.05) is 12.8 Å². The third-order valence-corrected chi connectivity index (χ3v) is 4.20. The van der Waals surface area contributed by atoms with Gasteiger partial charge >= 0.3 is 0 Å². The van der Waals surface area contributed by atoms with Crippen molar-refractivity contribution in [1.29, 1.82) is 0 Å². The van der Waals surface area contributed by atoms with Gasteiger partial charge in [0, 0.05) is 37.6 Å². The third kappa shape index (κ3) is 4.12. The molecule has 0 atom stereocenters. The van der Waals surface area contributed by atoms with Crippen LogP contribution >= 0.6 is 0 Å². The zero-order valence-corrected chi connectivity index (χ0v) is 14.1. The van der Waals surface area contributed by atoms with Crippen LogP contribution in [-0.2, 0) is 0 Å². The van der Waals surface area contributed by atoms with Gasteiger partial charge in [0.1, 0.15) is 17.5 Å². The van der Waals surface area contributed by atoms with Crippen molar-refractivity contribution in [2.24, 2.45) is 0 Å². The Morgan fingerprint density at radius 1 is 1.00 bits per heavy atom. The van der Waals surface area contributed by atoms with Crippen molar-refractivity contribution in [3.63, 3.8) is 0 Å². The van der Waals surface area contributed by atoms with Crippen LogP contribution < -0.4 is 15.5 Å². The largest absolute Gasteiger partial charge is 0.378 e. The summed E-state index contributed by atoms with van der Waals surface area (Å²) in [6.07, 6.45) is 5.09. The van der Waals surface area contributed by atoms with E-state index >= 15 is 0 Å². The number of rotatable bonds is 5. The lowest BCUT2D eigenvalue weighted by Crippen LogP contribution is -2.16. The van der Waals surface area contributed by atoms with Crippen molar-refractivity contribution in [2.75, 3.05) is 29.6 Å². The summed E-state index contributed by atoms with van der Waals surface area (Å²) >= 11 is 0. The minimum Gasteiger partial charge on any atom is -0.378 e. The summed E-state index contributed by atoms with van der Waals surface area (Å²) in [5.41, 5.74) is 2.21. The Morgan fingerprint density at radius 3 is 2.30 bits per heavy atom. The van der Waals surface area contributed by atoms with E-state index in [4.69, 9.17) is 0 Å². The molecule has 2 aromatic rings. The van der Waals surface area contributed by atoms with Crippen LogP contribution in [0.2, 0.25) is 0 Å². The first-order valence-corrected chi connectivity index (χ1v) is 8.27. The molecule has 2 N–H and O–H groups in total. The standard InChI is InChI=1S/C18H25N5/c1-13-19-17(21-14-6-4-5-7-14)12-18(20-13)22-15-8-10-16(11-9-15)23(2)3/h8-12,14H,4-7H2,1-3H3,(H2,19,20,21,22). The molecule has 0 bridgehead atoms. The van der Waals surface area contributed by atoms with E-state index in [1.807, 2.05) is 27.1 Å². The van der Waals surface area contributed by atoms with Crippen LogP contribution in [0.3, 0.4) is 0 Å². The number of nitrogens with zero attached hydrogens (tertiary/aromatic N) is 3. The number of nitrogens with one attached hydrogen (secondary N) is 2. The van der Waals surface area contributed by atoms with Gasteiger partial charge in [-0.05, 0) is 44.0 Å². The molecule has 0 spiro atoms. The van der Waals surface area contributed by atoms with Crippen LogP contribution in [0.1, 0.15) is 31.5 Å². The van der Waals surface area contributed by atoms with Gasteiger partial charge in [-0.15, -0.1) is 0 Å². The lowest BCUT2D eigenvalue weighted by Gasteiger charge is -2.15. The fourth-order valence-electron chi connectivity index (χ4n) is 2.98. The highest BCUT2D eigenvalue weighted by Crippen LogP contribution is 2.24. The number of aromatic nitrogens is 2. The summed E-state index contributed by atoms with van der Waals surface area (Å²) in [7, 11) is 4.08. The average molecular weight is 311 g/mol. The zero-order chi connectivity index (χ0) is 16.2. The van der Waals surface area contributed by atoms with E-state index in [9.17, 15) is 0 Å². The van der Waals surface area contributed by atoms with E-state index in [2.05, 4.69) is 49.8 Å². The molecule has 0 saturated heterocycles. The molecular formula is C18H25N5. The van der Waals surface area contributed by atoms with Gasteiger partial charge in [-0.3, -0.25) is 0 Å². The van der Waals surface area contributed by atoms with E-state index in [1.54, 1.807) is 0 Å². The molecule has 1 aliphatic rings. The van der Waals surface area contributed by atoms with E-state index < -0.39 is 0 Å². The first-order valence-electron chi connectivity index (χ1n) is 8.27. The van der Waals surface area contributed by atoms with Crippen LogP contribution in [0.25, 0.3) is 0 Å². The molecule has 1 aromatic carbocycles. The van der Waals surface area contributed by atoms with Crippen LogP contribution in [0.15, 0.2) is 30.3 Å². The third-order valence-electron chi connectivity index (χ3n) is 4.20. The molecule has 0 unspecified atom stereocenters. The van der Waals surface area contributed by atoms with Crippen LogP contribution in [0.4, 0.5) is 23.0 Å². The second-order valence-electron chi connectivity index (χ2n) is 6.38. The van der Waals surface area contributed by atoms with Crippen molar-refractivity contribution >= 4 is 23.0 Å². The summed E-state index contributed by atoms with van der Waals surface area (Å²) in [4.78, 5) is 11.1. The van der Waals surface area contributed by atoms with Crippen molar-refractivity contribution in [2.45, 2.75) is 38.6 Å². The maximum absolute atomic E-state index is 4.51. The molecule has 5 heteroatoms. The van der Waals surface area contributed by atoms with Crippen molar-refractivity contribution < 1.29 is 0 Å². The van der Waals surface area contributed by atoms with Gasteiger partial charge in [0.25, 0.3) is 0 Å². The van der Waals surface area contributed by atoms with Crippen molar-refractivity contribution in [3.8, 4) is 0 Å². The van der Waals surface area contributed by atoms with Crippen LogP contribution in [0.5, 0.6) is 0 Å². The molecule has 1 aromatic heterocycles. The predicted octanol–water partition coefficient (Wildman–Crippen LogP) is 3.95. The molecule has 23 heavy (non-hydrogen) atoms. The van der Waals surface area contributed by atoms with Gasteiger partial charge in [-0.2, -0.15) is 0 Å². The first-order chi connectivity index (χ1) is 11.1. The minimum absolute atomic E-state index is 0.552. The lowest BCUT2D eigenvalue weighted by atomic mass is 10.2. The molecule has 5 nitrogen and oxygen atoms in total. The lowest BCUT2D eigenvalue weighted by molar-refractivity contribution is 0.748. The summed E-state index contributed by atoms with van der Waals surface area (Å²) in [5, 5.41) is 6.90. The molecule has 1 aliphatic carbocycles. The topological polar surface area (TPSA) is 53.1 Å². The summed E-state index contributed by atoms with van der Waals surface area (Å²) in [6, 6.07) is 10.9. The van der Waals surface area contributed by atoms with E-state index in [-0.39, 0.29) is 0 Å². The fraction of sp³-hybridized carbons (Fsp3) is 0.444. The molecule has 0 aliphatic heterocycles. The Morgan fingerprint density at radius 2 is 1.65 bits per heavy atom. The van der Waals surface area contributed by atoms with Gasteiger partial charge in [0.05, 0.1) is 0 Å². The van der Waals surface area contributed by atoms with Crippen LogP contribution in [0, 0.1) is 6.92 Å². The summed E-state index contributed by atoms with van der Waals surface area (Å²) in [5.74, 6) is 2.52. The van der Waals surface area contributed by atoms with E-state index in [0.717, 1.165) is 23.1 Å².